The normalized spacial score (nSPS) is 19.9. The summed E-state index contributed by atoms with van der Waals surface area (Å²) < 4.78 is 22.0. The molecule has 31 nitrogen and oxygen atoms in total. The number of aromatic nitrogens is 1. The zero-order chi connectivity index (χ0) is 76.0. The number of nitrogens with zero attached hydrogens (tertiary/aromatic N) is 1. The number of aliphatic hydroxyl groups is 1. The first-order valence-electron chi connectivity index (χ1n) is 37.6. The number of ether oxygens (including phenoxy) is 4. The number of para-hydroxylation sites is 1. The van der Waals surface area contributed by atoms with Gasteiger partial charge >= 0.3 is 0 Å². The number of unbranched alkanes of at least 4 members (excludes halogenated alkanes) is 11. The lowest BCUT2D eigenvalue weighted by atomic mass is 10.0. The van der Waals surface area contributed by atoms with Crippen LogP contribution >= 0.6 is 0 Å². The van der Waals surface area contributed by atoms with E-state index in [4.69, 9.17) is 35.8 Å². The summed E-state index contributed by atoms with van der Waals surface area (Å²) in [5.41, 5.74) is 13.4. The van der Waals surface area contributed by atoms with E-state index in [1.54, 1.807) is 36.5 Å². The molecule has 105 heavy (non-hydrogen) atoms. The standard InChI is InChI=1S/C74H117N15O16/c1-3-5-7-8-9-10-11-12-13-14-18-31-63(91)79-36-38-102-40-42-104-49-65(93)80-37-39-103-41-43-105-50-66(94)83-57(27-6-4-2)68(96)86-59-32-33-64(92)78-34-22-21-29-56(67(75)95)84-71(99)61(45-52-47-82-55-28-20-19-26-54(52)55)87-69(97)58(30-23-35-81-74(76)77)85-70(98)60(44-51-24-16-15-17-25-51)88-72(100)62-46-53(90)48-89(62)73(59)101/h15-17,19-20,24-26,28,47,53,56-62,82,90H,3-14,18,21-23,27,29-46,48-50H2,1-2H3,(H2,75,95)(H,78,92)(H,79,91)(H,80,93)(H,83,94)(H,84,99)(H,85,98)(H,86,96)(H,87,97)(H,88,100)(H4,76,77,81)/t53-,56+,57+,58+,59+,60-,61+,62+/m1/s1. The number of fused-ring (bicyclic) bond motifs is 2. The summed E-state index contributed by atoms with van der Waals surface area (Å²) in [6.07, 6.45) is 15.1. The van der Waals surface area contributed by atoms with Crippen molar-refractivity contribution in [2.45, 2.75) is 223 Å². The van der Waals surface area contributed by atoms with E-state index in [1.807, 2.05) is 31.2 Å². The number of hydrogen-bond acceptors (Lipinski definition) is 17. The van der Waals surface area contributed by atoms with Crippen molar-refractivity contribution >= 4 is 81.8 Å². The predicted molar refractivity (Wildman–Crippen MR) is 394 cm³/mol. The number of guanidine groups is 1. The second-order valence-corrected chi connectivity index (χ2v) is 26.8. The number of nitrogens with one attached hydrogen (secondary N) is 12. The van der Waals surface area contributed by atoms with Crippen LogP contribution in [0.25, 0.3) is 10.9 Å². The van der Waals surface area contributed by atoms with Gasteiger partial charge in [-0.2, -0.15) is 0 Å². The maximum atomic E-state index is 15.0. The van der Waals surface area contributed by atoms with Crippen molar-refractivity contribution in [3.63, 3.8) is 0 Å². The third-order valence-electron chi connectivity index (χ3n) is 18.2. The summed E-state index contributed by atoms with van der Waals surface area (Å²) >= 11 is 0. The van der Waals surface area contributed by atoms with Gasteiger partial charge in [0.15, 0.2) is 5.96 Å². The lowest BCUT2D eigenvalue weighted by Crippen LogP contribution is -2.60. The van der Waals surface area contributed by atoms with Crippen LogP contribution < -0.4 is 64.6 Å². The summed E-state index contributed by atoms with van der Waals surface area (Å²) in [6.45, 7) is 4.74. The minimum absolute atomic E-state index is 0.0138. The van der Waals surface area contributed by atoms with E-state index in [-0.39, 0.29) is 148 Å². The highest BCUT2D eigenvalue weighted by Crippen LogP contribution is 2.23. The Morgan fingerprint density at radius 3 is 1.89 bits per heavy atom. The van der Waals surface area contributed by atoms with E-state index >= 15 is 0 Å². The van der Waals surface area contributed by atoms with Crippen LogP contribution in [0, 0.1) is 5.41 Å². The number of H-pyrrole nitrogens is 1. The van der Waals surface area contributed by atoms with Crippen LogP contribution in [0.2, 0.25) is 0 Å². The number of hydrogen-bond donors (Lipinski definition) is 15. The van der Waals surface area contributed by atoms with Crippen LogP contribution in [0.3, 0.4) is 0 Å². The second kappa shape index (κ2) is 50.6. The Hall–Kier alpha value is -8.78. The van der Waals surface area contributed by atoms with Crippen LogP contribution in [0.1, 0.15) is 173 Å². The molecule has 3 aromatic rings. The molecule has 1 aromatic heterocycles. The molecule has 3 heterocycles. The molecule has 2 aliphatic rings. The van der Waals surface area contributed by atoms with Crippen molar-refractivity contribution in [1.29, 1.82) is 5.41 Å². The number of primary amides is 1. The fraction of sp³-hybridized carbons (Fsp3) is 0.649. The Morgan fingerprint density at radius 2 is 1.21 bits per heavy atom. The monoisotopic (exact) mass is 1470 g/mol. The number of aliphatic hydroxyl groups excluding tert-OH is 1. The Kier molecular flexibility index (Phi) is 41.9. The van der Waals surface area contributed by atoms with Gasteiger partial charge in [0.2, 0.25) is 65.0 Å². The minimum atomic E-state index is -1.51. The van der Waals surface area contributed by atoms with Gasteiger partial charge in [-0.3, -0.25) is 58.1 Å². The molecule has 5 rings (SSSR count). The molecule has 0 unspecified atom stereocenters. The number of benzene rings is 2. The van der Waals surface area contributed by atoms with Crippen molar-refractivity contribution in [1.82, 2.24) is 63.1 Å². The Bertz CT molecular complexity index is 3180. The summed E-state index contributed by atoms with van der Waals surface area (Å²) in [4.78, 5) is 157. The maximum Gasteiger partial charge on any atom is 0.246 e. The Balaban J connectivity index is 1.17. The van der Waals surface area contributed by atoms with E-state index in [0.29, 0.717) is 50.0 Å². The van der Waals surface area contributed by atoms with E-state index in [9.17, 15) is 57.8 Å². The maximum absolute atomic E-state index is 15.0. The summed E-state index contributed by atoms with van der Waals surface area (Å²) in [5, 5.41) is 47.1. The van der Waals surface area contributed by atoms with Gasteiger partial charge in [-0.25, -0.2) is 0 Å². The third kappa shape index (κ3) is 34.8. The van der Waals surface area contributed by atoms with E-state index in [2.05, 4.69) is 65.1 Å². The topological polar surface area (TPSA) is 460 Å². The highest BCUT2D eigenvalue weighted by Gasteiger charge is 2.43. The molecule has 0 aliphatic carbocycles. The first-order chi connectivity index (χ1) is 50.8. The quantitative estimate of drug-likeness (QED) is 0.0218. The molecule has 31 heteroatoms. The molecule has 2 saturated heterocycles. The number of carbonyl (C=O) groups excluding carboxylic acids is 11. The van der Waals surface area contributed by atoms with Crippen LogP contribution in [-0.2, 0) is 84.5 Å². The first-order valence-corrected chi connectivity index (χ1v) is 37.6. The fourth-order valence-corrected chi connectivity index (χ4v) is 12.4. The molecule has 0 radical (unpaired) electrons. The number of nitrogens with two attached hydrogens (primary N) is 2. The van der Waals surface area contributed by atoms with Gasteiger partial charge in [-0.15, -0.1) is 0 Å². The largest absolute Gasteiger partial charge is 0.391 e. The average molecular weight is 1470 g/mol. The third-order valence-corrected chi connectivity index (χ3v) is 18.2. The molecule has 0 saturated carbocycles. The molecule has 2 aliphatic heterocycles. The Morgan fingerprint density at radius 1 is 0.619 bits per heavy atom. The highest BCUT2D eigenvalue weighted by atomic mass is 16.5. The molecule has 8 atom stereocenters. The van der Waals surface area contributed by atoms with Crippen molar-refractivity contribution in [2.75, 3.05) is 85.6 Å². The van der Waals surface area contributed by atoms with Crippen molar-refractivity contribution in [3.05, 3.63) is 71.9 Å². The lowest BCUT2D eigenvalue weighted by Gasteiger charge is -2.31. The van der Waals surface area contributed by atoms with Crippen molar-refractivity contribution < 1.29 is 76.8 Å². The van der Waals surface area contributed by atoms with Gasteiger partial charge in [-0.1, -0.05) is 139 Å². The molecule has 584 valence electrons. The molecule has 0 spiro atoms. The molecular weight excluding hydrogens is 1350 g/mol. The van der Waals surface area contributed by atoms with Gasteiger partial charge < -0.3 is 98.6 Å². The Labute approximate surface area is 616 Å². The van der Waals surface area contributed by atoms with Crippen LogP contribution in [0.5, 0.6) is 0 Å². The van der Waals surface area contributed by atoms with Gasteiger partial charge in [0.25, 0.3) is 0 Å². The summed E-state index contributed by atoms with van der Waals surface area (Å²) in [7, 11) is 0. The lowest BCUT2D eigenvalue weighted by molar-refractivity contribution is -0.143. The first kappa shape index (κ1) is 86.9. The van der Waals surface area contributed by atoms with E-state index in [0.717, 1.165) is 35.1 Å². The molecule has 17 N–H and O–H groups in total. The minimum Gasteiger partial charge on any atom is -0.391 e. The zero-order valence-corrected chi connectivity index (χ0v) is 61.4. The molecule has 11 amide bonds. The van der Waals surface area contributed by atoms with Gasteiger partial charge in [0, 0.05) is 81.9 Å². The molecule has 0 bridgehead atoms. The second-order valence-electron chi connectivity index (χ2n) is 26.8. The smallest absolute Gasteiger partial charge is 0.246 e. The van der Waals surface area contributed by atoms with Crippen molar-refractivity contribution in [2.24, 2.45) is 11.5 Å². The zero-order valence-electron chi connectivity index (χ0n) is 61.4. The predicted octanol–water partition coefficient (Wildman–Crippen LogP) is 1.84. The number of amides is 11. The number of carbonyl (C=O) groups is 11. The fourth-order valence-electron chi connectivity index (χ4n) is 12.4. The molecule has 2 aromatic carbocycles. The van der Waals surface area contributed by atoms with Crippen LogP contribution in [0.15, 0.2) is 60.8 Å². The average Bonchev–Trinajstić information content (AvgIpc) is 1.71. The summed E-state index contributed by atoms with van der Waals surface area (Å²) in [6, 6.07) is 6.39. The van der Waals surface area contributed by atoms with E-state index in [1.165, 1.54) is 51.4 Å². The van der Waals surface area contributed by atoms with Gasteiger partial charge in [-0.05, 0) is 68.6 Å². The van der Waals surface area contributed by atoms with Crippen LogP contribution in [-0.4, -0.2) is 220 Å². The SMILES string of the molecule is CCCCCCCCCCCCCC(=O)NCCOCCOCC(=O)NCCOCCOCC(=O)N[C@@H](CCCC)C(=O)N[C@H]1CCC(=O)NCCCC[C@@H](C(N)=O)NC(=O)[C@H](Cc2c[nH]c3ccccc23)NC(=O)[C@H](CCCNC(=N)N)NC(=O)[C@@H](Cc2ccccc2)NC(=O)[C@@H]2C[C@@H](O)CN2C1=O. The van der Waals surface area contributed by atoms with E-state index < -0.39 is 108 Å². The molecular formula is C74H117N15O16. The van der Waals surface area contributed by atoms with Crippen molar-refractivity contribution in [3.8, 4) is 0 Å². The highest BCUT2D eigenvalue weighted by molar-refractivity contribution is 5.98. The number of aromatic amines is 1. The van der Waals surface area contributed by atoms with Crippen LogP contribution in [0.4, 0.5) is 0 Å². The summed E-state index contributed by atoms with van der Waals surface area (Å²) in [5.74, 6) is -7.68. The van der Waals surface area contributed by atoms with Gasteiger partial charge in [0.1, 0.15) is 55.5 Å². The molecule has 2 fully saturated rings. The number of rotatable bonds is 43. The van der Waals surface area contributed by atoms with Gasteiger partial charge in [0.05, 0.1) is 45.7 Å².